The Bertz CT molecular complexity index is 542. The van der Waals surface area contributed by atoms with Crippen molar-refractivity contribution in [3.8, 4) is 0 Å². The van der Waals surface area contributed by atoms with Crippen molar-refractivity contribution in [1.82, 2.24) is 4.98 Å². The van der Waals surface area contributed by atoms with Crippen LogP contribution in [0.1, 0.15) is 13.8 Å². The van der Waals surface area contributed by atoms with E-state index in [-0.39, 0.29) is 18.6 Å². The molecule has 0 saturated carbocycles. The number of anilines is 2. The molecule has 0 aliphatic rings. The second-order valence-electron chi connectivity index (χ2n) is 4.72. The number of fused-ring (bicyclic) bond motifs is 1. The number of hydrogen-bond acceptors (Lipinski definition) is 4. The van der Waals surface area contributed by atoms with E-state index in [0.29, 0.717) is 0 Å². The fourth-order valence-electron chi connectivity index (χ4n) is 1.86. The average molecular weight is 245 g/mol. The van der Waals surface area contributed by atoms with Crippen LogP contribution in [0.15, 0.2) is 30.6 Å². The van der Waals surface area contributed by atoms with Gasteiger partial charge in [0.05, 0.1) is 11.4 Å². The number of benzene rings is 1. The largest absolute Gasteiger partial charge is 0.397 e. The number of aliphatic hydroxyl groups excluding tert-OH is 1. The molecular formula is C14H19N3O. The normalized spacial score (nSPS) is 14.4. The summed E-state index contributed by atoms with van der Waals surface area (Å²) in [7, 11) is 0. The first-order valence-corrected chi connectivity index (χ1v) is 6.13. The van der Waals surface area contributed by atoms with Gasteiger partial charge in [-0.15, -0.1) is 0 Å². The number of nitrogens with two attached hydrogens (primary N) is 1. The lowest BCUT2D eigenvalue weighted by molar-refractivity contribution is 0.226. The smallest absolute Gasteiger partial charge is 0.0630 e. The van der Waals surface area contributed by atoms with Gasteiger partial charge in [0.2, 0.25) is 0 Å². The SMILES string of the molecule is CC(CO)C(C)Nc1ccc2cnccc2c1N. The van der Waals surface area contributed by atoms with E-state index >= 15 is 0 Å². The predicted octanol–water partition coefficient (Wildman–Crippen LogP) is 2.25. The van der Waals surface area contributed by atoms with E-state index in [0.717, 1.165) is 22.1 Å². The van der Waals surface area contributed by atoms with E-state index in [2.05, 4.69) is 10.3 Å². The van der Waals surface area contributed by atoms with E-state index < -0.39 is 0 Å². The van der Waals surface area contributed by atoms with Crippen LogP contribution in [0.2, 0.25) is 0 Å². The molecule has 0 amide bonds. The number of nitrogen functional groups attached to an aromatic ring is 1. The lowest BCUT2D eigenvalue weighted by Crippen LogP contribution is -2.26. The standard InChI is InChI=1S/C14H19N3O/c1-9(8-18)10(2)17-13-4-3-11-7-16-6-5-12(11)14(13)15/h3-7,9-10,17-18H,8,15H2,1-2H3. The Morgan fingerprint density at radius 1 is 1.33 bits per heavy atom. The van der Waals surface area contributed by atoms with Crippen molar-refractivity contribution in [2.45, 2.75) is 19.9 Å². The third-order valence-electron chi connectivity index (χ3n) is 3.39. The molecule has 4 heteroatoms. The van der Waals surface area contributed by atoms with Crippen LogP contribution in [0.4, 0.5) is 11.4 Å². The van der Waals surface area contributed by atoms with Gasteiger partial charge < -0.3 is 16.2 Å². The molecule has 2 atom stereocenters. The highest BCUT2D eigenvalue weighted by atomic mass is 16.3. The fourth-order valence-corrected chi connectivity index (χ4v) is 1.86. The lowest BCUT2D eigenvalue weighted by Gasteiger charge is -2.22. The van der Waals surface area contributed by atoms with Crippen LogP contribution in [0, 0.1) is 5.92 Å². The van der Waals surface area contributed by atoms with Crippen molar-refractivity contribution in [3.05, 3.63) is 30.6 Å². The lowest BCUT2D eigenvalue weighted by atomic mass is 10.0. The molecule has 0 spiro atoms. The maximum atomic E-state index is 9.14. The van der Waals surface area contributed by atoms with Gasteiger partial charge in [0.15, 0.2) is 0 Å². The van der Waals surface area contributed by atoms with Gasteiger partial charge in [-0.3, -0.25) is 4.98 Å². The molecule has 0 aliphatic heterocycles. The van der Waals surface area contributed by atoms with Crippen LogP contribution in [-0.4, -0.2) is 22.7 Å². The minimum absolute atomic E-state index is 0.158. The Labute approximate surface area is 107 Å². The molecule has 4 nitrogen and oxygen atoms in total. The predicted molar refractivity (Wildman–Crippen MR) is 75.5 cm³/mol. The van der Waals surface area contributed by atoms with Crippen molar-refractivity contribution >= 4 is 22.1 Å². The number of aliphatic hydroxyl groups is 1. The van der Waals surface area contributed by atoms with Crippen molar-refractivity contribution < 1.29 is 5.11 Å². The topological polar surface area (TPSA) is 71.2 Å². The highest BCUT2D eigenvalue weighted by Gasteiger charge is 2.12. The molecule has 2 unspecified atom stereocenters. The third kappa shape index (κ3) is 2.38. The van der Waals surface area contributed by atoms with Gasteiger partial charge in [-0.25, -0.2) is 0 Å². The first kappa shape index (κ1) is 12.6. The Kier molecular flexibility index (Phi) is 3.67. The molecule has 96 valence electrons. The fraction of sp³-hybridized carbons (Fsp3) is 0.357. The molecule has 0 radical (unpaired) electrons. The van der Waals surface area contributed by atoms with E-state index in [9.17, 15) is 0 Å². The number of rotatable bonds is 4. The summed E-state index contributed by atoms with van der Waals surface area (Å²) in [6, 6.07) is 6.03. The van der Waals surface area contributed by atoms with Crippen LogP contribution in [0.25, 0.3) is 10.8 Å². The Balaban J connectivity index is 2.32. The summed E-state index contributed by atoms with van der Waals surface area (Å²) in [6.45, 7) is 4.20. The van der Waals surface area contributed by atoms with Gasteiger partial charge in [-0.2, -0.15) is 0 Å². The summed E-state index contributed by atoms with van der Waals surface area (Å²) in [4.78, 5) is 4.08. The number of aromatic nitrogens is 1. The monoisotopic (exact) mass is 245 g/mol. The average Bonchev–Trinajstić information content (AvgIpc) is 2.41. The third-order valence-corrected chi connectivity index (χ3v) is 3.39. The molecule has 0 fully saturated rings. The van der Waals surface area contributed by atoms with E-state index in [1.54, 1.807) is 12.4 Å². The zero-order valence-electron chi connectivity index (χ0n) is 10.7. The van der Waals surface area contributed by atoms with Gasteiger partial charge >= 0.3 is 0 Å². The molecule has 2 aromatic rings. The van der Waals surface area contributed by atoms with Crippen molar-refractivity contribution in [2.75, 3.05) is 17.7 Å². The maximum Gasteiger partial charge on any atom is 0.0630 e. The van der Waals surface area contributed by atoms with Crippen molar-refractivity contribution in [1.29, 1.82) is 0 Å². The molecule has 4 N–H and O–H groups in total. The van der Waals surface area contributed by atoms with Crippen LogP contribution < -0.4 is 11.1 Å². The second-order valence-corrected chi connectivity index (χ2v) is 4.72. The van der Waals surface area contributed by atoms with Crippen LogP contribution >= 0.6 is 0 Å². The highest BCUT2D eigenvalue weighted by molar-refractivity contribution is 5.98. The second kappa shape index (κ2) is 5.23. The summed E-state index contributed by atoms with van der Waals surface area (Å²) in [6.07, 6.45) is 3.54. The minimum atomic E-state index is 0.158. The summed E-state index contributed by atoms with van der Waals surface area (Å²) >= 11 is 0. The number of pyridine rings is 1. The molecular weight excluding hydrogens is 226 g/mol. The molecule has 0 bridgehead atoms. The molecule has 1 aromatic carbocycles. The molecule has 0 aliphatic carbocycles. The Morgan fingerprint density at radius 3 is 2.83 bits per heavy atom. The molecule has 0 saturated heterocycles. The van der Waals surface area contributed by atoms with Gasteiger partial charge in [0, 0.05) is 35.8 Å². The Morgan fingerprint density at radius 2 is 2.11 bits per heavy atom. The van der Waals surface area contributed by atoms with Gasteiger partial charge in [0.25, 0.3) is 0 Å². The first-order valence-electron chi connectivity index (χ1n) is 6.13. The minimum Gasteiger partial charge on any atom is -0.397 e. The van der Waals surface area contributed by atoms with Gasteiger partial charge in [-0.1, -0.05) is 13.0 Å². The van der Waals surface area contributed by atoms with Crippen LogP contribution in [0.3, 0.4) is 0 Å². The molecule has 2 rings (SSSR count). The first-order chi connectivity index (χ1) is 8.63. The van der Waals surface area contributed by atoms with E-state index in [4.69, 9.17) is 10.8 Å². The van der Waals surface area contributed by atoms with Crippen LogP contribution in [0.5, 0.6) is 0 Å². The summed E-state index contributed by atoms with van der Waals surface area (Å²) in [5.41, 5.74) is 7.79. The van der Waals surface area contributed by atoms with Gasteiger partial charge in [0.1, 0.15) is 0 Å². The zero-order valence-corrected chi connectivity index (χ0v) is 10.7. The summed E-state index contributed by atoms with van der Waals surface area (Å²) < 4.78 is 0. The molecule has 1 heterocycles. The zero-order chi connectivity index (χ0) is 13.1. The van der Waals surface area contributed by atoms with Crippen molar-refractivity contribution in [3.63, 3.8) is 0 Å². The number of nitrogens with zero attached hydrogens (tertiary/aromatic N) is 1. The molecule has 18 heavy (non-hydrogen) atoms. The van der Waals surface area contributed by atoms with E-state index in [1.807, 2.05) is 32.0 Å². The summed E-state index contributed by atoms with van der Waals surface area (Å²) in [5.74, 6) is 0.178. The summed E-state index contributed by atoms with van der Waals surface area (Å²) in [5, 5.41) is 14.5. The number of nitrogens with one attached hydrogen (secondary N) is 1. The molecule has 1 aromatic heterocycles. The van der Waals surface area contributed by atoms with E-state index in [1.165, 1.54) is 0 Å². The number of hydrogen-bond donors (Lipinski definition) is 3. The quantitative estimate of drug-likeness (QED) is 0.722. The van der Waals surface area contributed by atoms with Gasteiger partial charge in [-0.05, 0) is 25.0 Å². The maximum absolute atomic E-state index is 9.14. The van der Waals surface area contributed by atoms with Crippen LogP contribution in [-0.2, 0) is 0 Å². The Hall–Kier alpha value is -1.81. The van der Waals surface area contributed by atoms with Crippen molar-refractivity contribution in [2.24, 2.45) is 5.92 Å². The highest BCUT2D eigenvalue weighted by Crippen LogP contribution is 2.29.